The normalized spacial score (nSPS) is 10.4. The van der Waals surface area contributed by atoms with Gasteiger partial charge in [0.2, 0.25) is 0 Å². The molecule has 1 aromatic heterocycles. The molecule has 0 aliphatic heterocycles. The lowest BCUT2D eigenvalue weighted by Gasteiger charge is -2.22. The van der Waals surface area contributed by atoms with Crippen molar-refractivity contribution in [3.8, 4) is 0 Å². The van der Waals surface area contributed by atoms with E-state index in [1.807, 2.05) is 11.8 Å². The van der Waals surface area contributed by atoms with Gasteiger partial charge in [-0.05, 0) is 38.1 Å². The molecular weight excluding hydrogens is 253 g/mol. The highest BCUT2D eigenvalue weighted by atomic mass is 35.5. The average Bonchev–Trinajstić information content (AvgIpc) is 2.31. The number of rotatable bonds is 3. The van der Waals surface area contributed by atoms with Crippen LogP contribution in [0, 0.1) is 12.7 Å². The first-order valence-corrected chi connectivity index (χ1v) is 6.02. The standard InChI is InChI=1S/C13H13ClFN3/c1-3-18(11-6-4-10(15)5-7-11)13-8-12(14)16-9(2)17-13/h4-8H,3H2,1-2H3. The van der Waals surface area contributed by atoms with E-state index in [2.05, 4.69) is 9.97 Å². The van der Waals surface area contributed by atoms with E-state index in [4.69, 9.17) is 11.6 Å². The smallest absolute Gasteiger partial charge is 0.138 e. The van der Waals surface area contributed by atoms with Crippen LogP contribution in [0.25, 0.3) is 0 Å². The van der Waals surface area contributed by atoms with Crippen molar-refractivity contribution >= 4 is 23.1 Å². The van der Waals surface area contributed by atoms with Gasteiger partial charge in [-0.3, -0.25) is 0 Å². The molecule has 0 bridgehead atoms. The van der Waals surface area contributed by atoms with Gasteiger partial charge >= 0.3 is 0 Å². The molecule has 0 aliphatic rings. The van der Waals surface area contributed by atoms with E-state index in [0.29, 0.717) is 23.3 Å². The van der Waals surface area contributed by atoms with Crippen LogP contribution < -0.4 is 4.90 Å². The monoisotopic (exact) mass is 265 g/mol. The molecule has 94 valence electrons. The molecule has 0 N–H and O–H groups in total. The van der Waals surface area contributed by atoms with Gasteiger partial charge < -0.3 is 4.90 Å². The lowest BCUT2D eigenvalue weighted by Crippen LogP contribution is -2.18. The Morgan fingerprint density at radius 2 is 1.89 bits per heavy atom. The van der Waals surface area contributed by atoms with Gasteiger partial charge in [0.15, 0.2) is 0 Å². The third kappa shape index (κ3) is 2.76. The Bertz CT molecular complexity index is 522. The molecule has 0 unspecified atom stereocenters. The first-order chi connectivity index (χ1) is 8.60. The Morgan fingerprint density at radius 3 is 2.44 bits per heavy atom. The molecule has 5 heteroatoms. The van der Waals surface area contributed by atoms with Crippen LogP contribution in [0.2, 0.25) is 5.15 Å². The molecule has 18 heavy (non-hydrogen) atoms. The summed E-state index contributed by atoms with van der Waals surface area (Å²) in [5.74, 6) is 1.06. The van der Waals surface area contributed by atoms with Crippen molar-refractivity contribution < 1.29 is 4.39 Å². The number of benzene rings is 1. The largest absolute Gasteiger partial charge is 0.327 e. The van der Waals surface area contributed by atoms with Crippen molar-refractivity contribution in [3.05, 3.63) is 47.1 Å². The Hall–Kier alpha value is -1.68. The fourth-order valence-corrected chi connectivity index (χ4v) is 1.97. The first-order valence-electron chi connectivity index (χ1n) is 5.64. The van der Waals surface area contributed by atoms with Crippen molar-refractivity contribution in [1.82, 2.24) is 9.97 Å². The van der Waals surface area contributed by atoms with E-state index < -0.39 is 0 Å². The number of aromatic nitrogens is 2. The van der Waals surface area contributed by atoms with Crippen LogP contribution in [0.5, 0.6) is 0 Å². The Balaban J connectivity index is 2.41. The molecule has 0 saturated carbocycles. The maximum absolute atomic E-state index is 12.9. The molecule has 0 amide bonds. The molecule has 0 aliphatic carbocycles. The summed E-state index contributed by atoms with van der Waals surface area (Å²) < 4.78 is 12.9. The van der Waals surface area contributed by atoms with E-state index in [9.17, 15) is 4.39 Å². The van der Waals surface area contributed by atoms with Crippen molar-refractivity contribution in [1.29, 1.82) is 0 Å². The lowest BCUT2D eigenvalue weighted by atomic mass is 10.2. The van der Waals surface area contributed by atoms with E-state index in [-0.39, 0.29) is 5.82 Å². The minimum atomic E-state index is -0.258. The van der Waals surface area contributed by atoms with E-state index in [0.717, 1.165) is 5.69 Å². The number of anilines is 2. The molecule has 3 nitrogen and oxygen atoms in total. The topological polar surface area (TPSA) is 29.0 Å². The van der Waals surface area contributed by atoms with E-state index >= 15 is 0 Å². The number of halogens is 2. The first kappa shape index (κ1) is 12.8. The van der Waals surface area contributed by atoms with Gasteiger partial charge in [0.1, 0.15) is 22.6 Å². The fourth-order valence-electron chi connectivity index (χ4n) is 1.75. The minimum absolute atomic E-state index is 0.258. The van der Waals surface area contributed by atoms with Crippen LogP contribution in [0.3, 0.4) is 0 Å². The summed E-state index contributed by atoms with van der Waals surface area (Å²) in [6.45, 7) is 4.49. The fraction of sp³-hybridized carbons (Fsp3) is 0.231. The highest BCUT2D eigenvalue weighted by Crippen LogP contribution is 2.25. The molecule has 1 heterocycles. The summed E-state index contributed by atoms with van der Waals surface area (Å²) in [6, 6.07) is 7.97. The molecule has 0 fully saturated rings. The Labute approximate surface area is 110 Å². The van der Waals surface area contributed by atoms with Gasteiger partial charge in [0.25, 0.3) is 0 Å². The van der Waals surface area contributed by atoms with Crippen LogP contribution >= 0.6 is 11.6 Å². The summed E-state index contributed by atoms with van der Waals surface area (Å²) in [4.78, 5) is 10.3. The van der Waals surface area contributed by atoms with E-state index in [1.54, 1.807) is 25.1 Å². The van der Waals surface area contributed by atoms with Gasteiger partial charge in [0, 0.05) is 18.3 Å². The van der Waals surface area contributed by atoms with Crippen LogP contribution in [-0.2, 0) is 0 Å². The quantitative estimate of drug-likeness (QED) is 0.792. The van der Waals surface area contributed by atoms with Crippen LogP contribution in [0.15, 0.2) is 30.3 Å². The predicted octanol–water partition coefficient (Wildman–Crippen LogP) is 3.74. The zero-order chi connectivity index (χ0) is 13.1. The summed E-state index contributed by atoms with van der Waals surface area (Å²) in [7, 11) is 0. The van der Waals surface area contributed by atoms with Gasteiger partial charge in [-0.2, -0.15) is 0 Å². The molecule has 0 saturated heterocycles. The van der Waals surface area contributed by atoms with Gasteiger partial charge in [-0.25, -0.2) is 14.4 Å². The highest BCUT2D eigenvalue weighted by Gasteiger charge is 2.10. The number of hydrogen-bond acceptors (Lipinski definition) is 3. The third-order valence-corrected chi connectivity index (χ3v) is 2.72. The second-order valence-corrected chi connectivity index (χ2v) is 4.20. The maximum atomic E-state index is 12.9. The maximum Gasteiger partial charge on any atom is 0.138 e. The Morgan fingerprint density at radius 1 is 1.22 bits per heavy atom. The van der Waals surface area contributed by atoms with Gasteiger partial charge in [-0.15, -0.1) is 0 Å². The molecule has 0 spiro atoms. The Kier molecular flexibility index (Phi) is 3.77. The zero-order valence-corrected chi connectivity index (χ0v) is 10.9. The summed E-state index contributed by atoms with van der Waals surface area (Å²) in [6.07, 6.45) is 0. The molecule has 2 rings (SSSR count). The number of aryl methyl sites for hydroxylation is 1. The van der Waals surface area contributed by atoms with Crippen molar-refractivity contribution in [3.63, 3.8) is 0 Å². The van der Waals surface area contributed by atoms with Crippen molar-refractivity contribution in [2.45, 2.75) is 13.8 Å². The second-order valence-electron chi connectivity index (χ2n) is 3.82. The van der Waals surface area contributed by atoms with Gasteiger partial charge in [0.05, 0.1) is 0 Å². The summed E-state index contributed by atoms with van der Waals surface area (Å²) in [5, 5.41) is 0.401. The van der Waals surface area contributed by atoms with Crippen LogP contribution in [0.1, 0.15) is 12.7 Å². The highest BCUT2D eigenvalue weighted by molar-refractivity contribution is 6.29. The number of nitrogens with zero attached hydrogens (tertiary/aromatic N) is 3. The van der Waals surface area contributed by atoms with Crippen molar-refractivity contribution in [2.75, 3.05) is 11.4 Å². The predicted molar refractivity (Wildman–Crippen MR) is 70.9 cm³/mol. The number of hydrogen-bond donors (Lipinski definition) is 0. The van der Waals surface area contributed by atoms with E-state index in [1.165, 1.54) is 12.1 Å². The summed E-state index contributed by atoms with van der Waals surface area (Å²) >= 11 is 5.93. The molecule has 0 radical (unpaired) electrons. The van der Waals surface area contributed by atoms with Crippen molar-refractivity contribution in [2.24, 2.45) is 0 Å². The lowest BCUT2D eigenvalue weighted by molar-refractivity contribution is 0.627. The third-order valence-electron chi connectivity index (χ3n) is 2.52. The van der Waals surface area contributed by atoms with Crippen LogP contribution in [0.4, 0.5) is 15.9 Å². The minimum Gasteiger partial charge on any atom is -0.327 e. The molecule has 2 aromatic rings. The zero-order valence-electron chi connectivity index (χ0n) is 10.2. The van der Waals surface area contributed by atoms with Crippen LogP contribution in [-0.4, -0.2) is 16.5 Å². The molecular formula is C13H13ClFN3. The molecule has 0 atom stereocenters. The summed E-state index contributed by atoms with van der Waals surface area (Å²) in [5.41, 5.74) is 0.869. The van der Waals surface area contributed by atoms with Gasteiger partial charge in [-0.1, -0.05) is 11.6 Å². The molecule has 1 aromatic carbocycles. The SMILES string of the molecule is CCN(c1ccc(F)cc1)c1cc(Cl)nc(C)n1. The average molecular weight is 266 g/mol. The second kappa shape index (κ2) is 5.31.